The molecule has 0 aromatic heterocycles. The fourth-order valence-electron chi connectivity index (χ4n) is 1.27. The van der Waals surface area contributed by atoms with Crippen molar-refractivity contribution in [1.29, 1.82) is 0 Å². The summed E-state index contributed by atoms with van der Waals surface area (Å²) in [6, 6.07) is 0. The van der Waals surface area contributed by atoms with Gasteiger partial charge in [0.25, 0.3) is 18.1 Å². The van der Waals surface area contributed by atoms with Crippen LogP contribution in [0.5, 0.6) is 0 Å². The Morgan fingerprint density at radius 3 is 2.18 bits per heavy atom. The van der Waals surface area contributed by atoms with Gasteiger partial charge in [-0.05, 0) is 6.08 Å². The third-order valence-electron chi connectivity index (χ3n) is 2.19. The van der Waals surface area contributed by atoms with Gasteiger partial charge in [0.1, 0.15) is 0 Å². The molecule has 0 bridgehead atoms. The second-order valence-electron chi connectivity index (χ2n) is 3.24. The van der Waals surface area contributed by atoms with Gasteiger partial charge in [0.05, 0.1) is 4.91 Å². The van der Waals surface area contributed by atoms with Crippen LogP contribution >= 0.6 is 21.4 Å². The van der Waals surface area contributed by atoms with Gasteiger partial charge in [-0.3, -0.25) is 4.79 Å². The average molecular weight is 321 g/mol. The van der Waals surface area contributed by atoms with Crippen molar-refractivity contribution < 1.29 is 26.7 Å². The lowest BCUT2D eigenvalue weighted by Gasteiger charge is -2.24. The molecule has 1 unspecified atom stereocenters. The van der Waals surface area contributed by atoms with E-state index in [2.05, 4.69) is 0 Å². The fraction of sp³-hybridized carbons (Fsp3) is 0.286. The van der Waals surface area contributed by atoms with Gasteiger partial charge in [0.15, 0.2) is 0 Å². The zero-order valence-corrected chi connectivity index (χ0v) is 11.1. The van der Waals surface area contributed by atoms with Crippen molar-refractivity contribution in [3.05, 3.63) is 23.1 Å². The zero-order valence-electron chi connectivity index (χ0n) is 8.00. The number of hydrogen-bond donors (Lipinski definition) is 1. The number of carboxylic acid groups (broad SMARTS) is 1. The molecule has 0 spiro atoms. The maximum atomic E-state index is 11.3. The number of rotatable bonds is 3. The molecule has 0 radical (unpaired) electrons. The van der Waals surface area contributed by atoms with E-state index in [1.165, 1.54) is 0 Å². The van der Waals surface area contributed by atoms with Crippen molar-refractivity contribution >= 4 is 45.4 Å². The molecule has 96 valence electrons. The molecular weight excluding hydrogens is 315 g/mol. The summed E-state index contributed by atoms with van der Waals surface area (Å²) >= 11 is 0. The van der Waals surface area contributed by atoms with E-state index >= 15 is 0 Å². The summed E-state index contributed by atoms with van der Waals surface area (Å²) in [4.78, 5) is 10.5. The molecule has 6 nitrogen and oxygen atoms in total. The lowest BCUT2D eigenvalue weighted by molar-refractivity contribution is -0.138. The number of aliphatic carboxylic acids is 1. The Kier molecular flexibility index (Phi) is 3.64. The maximum Gasteiger partial charge on any atom is 0.330 e. The van der Waals surface area contributed by atoms with Crippen LogP contribution in [0.3, 0.4) is 0 Å². The molecule has 1 aliphatic carbocycles. The van der Waals surface area contributed by atoms with Crippen LogP contribution in [0.2, 0.25) is 0 Å². The smallest absolute Gasteiger partial charge is 0.330 e. The minimum atomic E-state index is -4.56. The highest BCUT2D eigenvalue weighted by molar-refractivity contribution is 8.17. The molecular formula is C7H6Cl2O6S2. The Labute approximate surface area is 106 Å². The molecule has 0 heterocycles. The van der Waals surface area contributed by atoms with E-state index in [0.29, 0.717) is 0 Å². The van der Waals surface area contributed by atoms with Crippen molar-refractivity contribution in [3.63, 3.8) is 0 Å². The molecule has 10 heteroatoms. The van der Waals surface area contributed by atoms with Crippen LogP contribution in [0.4, 0.5) is 0 Å². The van der Waals surface area contributed by atoms with E-state index in [4.69, 9.17) is 26.5 Å². The molecule has 1 aliphatic rings. The number of carboxylic acids is 1. The molecule has 0 aliphatic heterocycles. The minimum Gasteiger partial charge on any atom is -0.480 e. The highest BCUT2D eigenvalue weighted by atomic mass is 35.7. The van der Waals surface area contributed by atoms with E-state index in [1.54, 1.807) is 0 Å². The Balaban J connectivity index is 3.42. The molecule has 0 saturated carbocycles. The van der Waals surface area contributed by atoms with E-state index < -0.39 is 40.1 Å². The highest BCUT2D eigenvalue weighted by Crippen LogP contribution is 2.36. The van der Waals surface area contributed by atoms with Gasteiger partial charge in [-0.1, -0.05) is 12.2 Å². The second-order valence-corrected chi connectivity index (χ2v) is 8.68. The summed E-state index contributed by atoms with van der Waals surface area (Å²) in [5.41, 5.74) is 0. The quantitative estimate of drug-likeness (QED) is 0.771. The SMILES string of the molecule is O=C(O)C1(S(=O)(=O)Cl)C=CC=C(S(=O)(=O)Cl)C1. The Morgan fingerprint density at radius 2 is 1.82 bits per heavy atom. The van der Waals surface area contributed by atoms with Crippen LogP contribution in [0, 0.1) is 0 Å². The summed E-state index contributed by atoms with van der Waals surface area (Å²) in [6.07, 6.45) is 1.97. The standard InChI is InChI=1S/C7H6Cl2O6S2/c8-16(12,13)5-2-1-3-7(4-5,6(10)11)17(9,14)15/h1-3H,4H2,(H,10,11). The lowest BCUT2D eigenvalue weighted by Crippen LogP contribution is -2.44. The molecule has 1 rings (SSSR count). The predicted octanol–water partition coefficient (Wildman–Crippen LogP) is 0.791. The molecule has 0 saturated heterocycles. The summed E-state index contributed by atoms with van der Waals surface area (Å²) in [6.45, 7) is 0. The monoisotopic (exact) mass is 320 g/mol. The minimum absolute atomic E-state index is 0.520. The number of carbonyl (C=O) groups is 1. The van der Waals surface area contributed by atoms with Crippen molar-refractivity contribution in [2.24, 2.45) is 0 Å². The Hall–Kier alpha value is -0.570. The van der Waals surface area contributed by atoms with Gasteiger partial charge in [-0.25, -0.2) is 16.8 Å². The summed E-state index contributed by atoms with van der Waals surface area (Å²) in [5.74, 6) is -1.77. The van der Waals surface area contributed by atoms with Crippen LogP contribution in [0.25, 0.3) is 0 Å². The van der Waals surface area contributed by atoms with Gasteiger partial charge >= 0.3 is 5.97 Å². The molecule has 1 atom stereocenters. The Morgan fingerprint density at radius 1 is 1.29 bits per heavy atom. The molecule has 0 amide bonds. The van der Waals surface area contributed by atoms with Gasteiger partial charge in [0.2, 0.25) is 4.75 Å². The summed E-state index contributed by atoms with van der Waals surface area (Å²) in [7, 11) is 1.33. The highest BCUT2D eigenvalue weighted by Gasteiger charge is 2.51. The third kappa shape index (κ3) is 2.65. The molecule has 1 N–H and O–H groups in total. The summed E-state index contributed by atoms with van der Waals surface area (Å²) < 4.78 is 42.2. The van der Waals surface area contributed by atoms with E-state index in [9.17, 15) is 21.6 Å². The summed E-state index contributed by atoms with van der Waals surface area (Å²) in [5, 5.41) is 8.93. The topological polar surface area (TPSA) is 106 Å². The fourth-order valence-corrected chi connectivity index (χ4v) is 3.62. The van der Waals surface area contributed by atoms with Crippen LogP contribution < -0.4 is 0 Å². The normalized spacial score (nSPS) is 25.4. The van der Waals surface area contributed by atoms with Crippen molar-refractivity contribution in [3.8, 4) is 0 Å². The van der Waals surface area contributed by atoms with Crippen molar-refractivity contribution in [2.45, 2.75) is 11.2 Å². The van der Waals surface area contributed by atoms with Gasteiger partial charge in [-0.15, -0.1) is 0 Å². The first-order valence-corrected chi connectivity index (χ1v) is 8.63. The van der Waals surface area contributed by atoms with E-state index in [1.807, 2.05) is 0 Å². The first-order chi connectivity index (χ1) is 7.51. The van der Waals surface area contributed by atoms with Crippen molar-refractivity contribution in [1.82, 2.24) is 0 Å². The first-order valence-electron chi connectivity index (χ1n) is 4.01. The van der Waals surface area contributed by atoms with Crippen LogP contribution in [0.1, 0.15) is 6.42 Å². The second kappa shape index (κ2) is 4.27. The van der Waals surface area contributed by atoms with Gasteiger partial charge in [-0.2, -0.15) is 0 Å². The van der Waals surface area contributed by atoms with Crippen LogP contribution in [-0.4, -0.2) is 32.7 Å². The first kappa shape index (κ1) is 14.5. The van der Waals surface area contributed by atoms with Crippen LogP contribution in [0.15, 0.2) is 23.1 Å². The molecule has 17 heavy (non-hydrogen) atoms. The van der Waals surface area contributed by atoms with Gasteiger partial charge < -0.3 is 5.11 Å². The maximum absolute atomic E-state index is 11.3. The molecule has 0 fully saturated rings. The third-order valence-corrected chi connectivity index (χ3v) is 5.85. The largest absolute Gasteiger partial charge is 0.480 e. The number of halogens is 2. The number of allylic oxidation sites excluding steroid dienone is 3. The zero-order chi connectivity index (χ0) is 13.5. The molecule has 0 aromatic carbocycles. The average Bonchev–Trinajstić information content (AvgIpc) is 2.14. The molecule has 0 aromatic rings. The van der Waals surface area contributed by atoms with E-state index in [-0.39, 0.29) is 0 Å². The van der Waals surface area contributed by atoms with Crippen LogP contribution in [-0.2, 0) is 22.9 Å². The van der Waals surface area contributed by atoms with Crippen molar-refractivity contribution in [2.75, 3.05) is 0 Å². The number of hydrogen-bond acceptors (Lipinski definition) is 5. The van der Waals surface area contributed by atoms with E-state index in [0.717, 1.165) is 18.2 Å². The Bertz CT molecular complexity index is 615. The van der Waals surface area contributed by atoms with Gasteiger partial charge in [0, 0.05) is 27.8 Å². The predicted molar refractivity (Wildman–Crippen MR) is 61.8 cm³/mol. The lowest BCUT2D eigenvalue weighted by atomic mass is 10.00.